The molecule has 0 fully saturated rings. The largest absolute Gasteiger partial charge is 0.481 e. The molecule has 3 aromatic rings. The van der Waals surface area contributed by atoms with Crippen LogP contribution >= 0.6 is 11.3 Å². The van der Waals surface area contributed by atoms with Gasteiger partial charge < -0.3 is 15.2 Å². The van der Waals surface area contributed by atoms with Crippen LogP contribution in [0.5, 0.6) is 0 Å². The maximum atomic E-state index is 12.7. The van der Waals surface area contributed by atoms with Crippen LogP contribution in [-0.4, -0.2) is 40.7 Å². The van der Waals surface area contributed by atoms with Gasteiger partial charge in [0.15, 0.2) is 5.13 Å². The Balaban J connectivity index is 1.40. The lowest BCUT2D eigenvalue weighted by Gasteiger charge is -2.20. The van der Waals surface area contributed by atoms with Gasteiger partial charge in [-0.1, -0.05) is 73.7 Å². The molecule has 1 heterocycles. The molecule has 35 heavy (non-hydrogen) atoms. The minimum Gasteiger partial charge on any atom is -0.481 e. The second kappa shape index (κ2) is 10.3. The molecule has 0 spiro atoms. The SMILES string of the molecule is Cc1nc(NC(=O)OCC2c3ccccc3-c3ccccc32)sc1C(=O)NC(CC(=O)O)C(C)C. The highest BCUT2D eigenvalue weighted by atomic mass is 32.1. The van der Waals surface area contributed by atoms with Crippen molar-refractivity contribution in [2.24, 2.45) is 5.92 Å². The highest BCUT2D eigenvalue weighted by molar-refractivity contribution is 7.17. The van der Waals surface area contributed by atoms with Crippen molar-refractivity contribution in [3.63, 3.8) is 0 Å². The van der Waals surface area contributed by atoms with Crippen molar-refractivity contribution in [1.82, 2.24) is 10.3 Å². The Bertz CT molecular complexity index is 1220. The number of hydrogen-bond acceptors (Lipinski definition) is 6. The first kappa shape index (κ1) is 24.4. The lowest BCUT2D eigenvalue weighted by atomic mass is 9.98. The Morgan fingerprint density at radius 1 is 1.06 bits per heavy atom. The number of aryl methyl sites for hydroxylation is 1. The summed E-state index contributed by atoms with van der Waals surface area (Å²) in [7, 11) is 0. The summed E-state index contributed by atoms with van der Waals surface area (Å²) in [5.74, 6) is -1.51. The number of carbonyl (C=O) groups excluding carboxylic acids is 2. The molecule has 1 atom stereocenters. The first-order valence-corrected chi connectivity index (χ1v) is 12.2. The third-order valence-electron chi connectivity index (χ3n) is 6.07. The van der Waals surface area contributed by atoms with E-state index in [-0.39, 0.29) is 30.0 Å². The molecule has 0 radical (unpaired) electrons. The summed E-state index contributed by atoms with van der Waals surface area (Å²) < 4.78 is 5.54. The molecule has 2 aromatic carbocycles. The molecule has 8 nitrogen and oxygen atoms in total. The van der Waals surface area contributed by atoms with Crippen molar-refractivity contribution in [3.8, 4) is 11.1 Å². The van der Waals surface area contributed by atoms with Gasteiger partial charge >= 0.3 is 12.1 Å². The molecule has 0 saturated carbocycles. The second-order valence-corrected chi connectivity index (χ2v) is 9.81. The molecule has 1 unspecified atom stereocenters. The number of aromatic nitrogens is 1. The summed E-state index contributed by atoms with van der Waals surface area (Å²) in [5, 5.41) is 14.7. The number of nitrogens with one attached hydrogen (secondary N) is 2. The van der Waals surface area contributed by atoms with Crippen LogP contribution in [0.2, 0.25) is 0 Å². The van der Waals surface area contributed by atoms with Gasteiger partial charge in [-0.2, -0.15) is 0 Å². The van der Waals surface area contributed by atoms with Crippen LogP contribution in [0.3, 0.4) is 0 Å². The van der Waals surface area contributed by atoms with E-state index < -0.39 is 24.0 Å². The van der Waals surface area contributed by atoms with Crippen molar-refractivity contribution >= 4 is 34.4 Å². The number of carbonyl (C=O) groups is 3. The van der Waals surface area contributed by atoms with Crippen molar-refractivity contribution in [3.05, 3.63) is 70.2 Å². The molecule has 0 aliphatic heterocycles. The number of anilines is 1. The fraction of sp³-hybridized carbons (Fsp3) is 0.308. The maximum Gasteiger partial charge on any atom is 0.413 e. The average molecular weight is 494 g/mol. The van der Waals surface area contributed by atoms with E-state index in [0.717, 1.165) is 33.6 Å². The smallest absolute Gasteiger partial charge is 0.413 e. The number of hydrogen-bond donors (Lipinski definition) is 3. The summed E-state index contributed by atoms with van der Waals surface area (Å²) in [6.07, 6.45) is -0.829. The predicted octanol–water partition coefficient (Wildman–Crippen LogP) is 5.04. The van der Waals surface area contributed by atoms with Crippen LogP contribution in [0, 0.1) is 12.8 Å². The van der Waals surface area contributed by atoms with Crippen LogP contribution in [-0.2, 0) is 9.53 Å². The number of rotatable bonds is 8. The number of ether oxygens (including phenoxy) is 1. The fourth-order valence-electron chi connectivity index (χ4n) is 4.26. The van der Waals surface area contributed by atoms with Crippen molar-refractivity contribution < 1.29 is 24.2 Å². The lowest BCUT2D eigenvalue weighted by Crippen LogP contribution is -2.40. The maximum absolute atomic E-state index is 12.7. The molecule has 1 aliphatic rings. The topological polar surface area (TPSA) is 118 Å². The Morgan fingerprint density at radius 2 is 1.66 bits per heavy atom. The number of benzene rings is 2. The molecule has 0 bridgehead atoms. The number of carboxylic acid groups (broad SMARTS) is 1. The van der Waals surface area contributed by atoms with Crippen LogP contribution in [0.1, 0.15) is 52.7 Å². The van der Waals surface area contributed by atoms with E-state index in [1.807, 2.05) is 50.2 Å². The number of aliphatic carboxylic acids is 1. The number of amides is 2. The van der Waals surface area contributed by atoms with E-state index in [2.05, 4.69) is 27.8 Å². The molecule has 9 heteroatoms. The monoisotopic (exact) mass is 493 g/mol. The quantitative estimate of drug-likeness (QED) is 0.405. The summed E-state index contributed by atoms with van der Waals surface area (Å²) >= 11 is 1.02. The first-order chi connectivity index (χ1) is 16.7. The van der Waals surface area contributed by atoms with Gasteiger partial charge in [-0.05, 0) is 35.1 Å². The molecular formula is C26H27N3O5S. The first-order valence-electron chi connectivity index (χ1n) is 11.4. The van der Waals surface area contributed by atoms with Crippen LogP contribution in [0.25, 0.3) is 11.1 Å². The standard InChI is InChI=1S/C26H27N3O5S/c1-14(2)21(12-22(30)31)28-24(32)23-15(3)27-25(35-23)29-26(33)34-13-20-18-10-6-4-8-16(18)17-9-5-7-11-19(17)20/h4-11,14,20-21H,12-13H2,1-3H3,(H,28,32)(H,30,31)(H,27,29,33). The van der Waals surface area contributed by atoms with E-state index in [9.17, 15) is 14.4 Å². The van der Waals surface area contributed by atoms with Gasteiger partial charge in [0.25, 0.3) is 5.91 Å². The second-order valence-electron chi connectivity index (χ2n) is 8.81. The molecular weight excluding hydrogens is 466 g/mol. The van der Waals surface area contributed by atoms with Crippen molar-refractivity contribution in [2.45, 2.75) is 39.2 Å². The van der Waals surface area contributed by atoms with Gasteiger partial charge in [0.2, 0.25) is 0 Å². The van der Waals surface area contributed by atoms with Gasteiger partial charge in [-0.3, -0.25) is 14.9 Å². The summed E-state index contributed by atoms with van der Waals surface area (Å²) in [4.78, 5) is 40.9. The Hall–Kier alpha value is -3.72. The van der Waals surface area contributed by atoms with Crippen molar-refractivity contribution in [2.75, 3.05) is 11.9 Å². The summed E-state index contributed by atoms with van der Waals surface area (Å²) in [6, 6.07) is 15.7. The Kier molecular flexibility index (Phi) is 7.16. The fourth-order valence-corrected chi connectivity index (χ4v) is 5.11. The zero-order valence-corrected chi connectivity index (χ0v) is 20.5. The molecule has 0 saturated heterocycles. The number of thiazole rings is 1. The van der Waals surface area contributed by atoms with E-state index in [1.165, 1.54) is 0 Å². The summed E-state index contributed by atoms with van der Waals surface area (Å²) in [5.41, 5.74) is 4.97. The Morgan fingerprint density at radius 3 is 2.23 bits per heavy atom. The third kappa shape index (κ3) is 5.35. The molecule has 1 aliphatic carbocycles. The van der Waals surface area contributed by atoms with Crippen molar-refractivity contribution in [1.29, 1.82) is 0 Å². The van der Waals surface area contributed by atoms with E-state index >= 15 is 0 Å². The molecule has 3 N–H and O–H groups in total. The predicted molar refractivity (Wildman–Crippen MR) is 134 cm³/mol. The third-order valence-corrected chi connectivity index (χ3v) is 7.14. The zero-order valence-electron chi connectivity index (χ0n) is 19.7. The van der Waals surface area contributed by atoms with Crippen LogP contribution in [0.4, 0.5) is 9.93 Å². The minimum absolute atomic E-state index is 0.0540. The molecule has 4 rings (SSSR count). The number of nitrogens with zero attached hydrogens (tertiary/aromatic N) is 1. The van der Waals surface area contributed by atoms with Crippen LogP contribution < -0.4 is 10.6 Å². The van der Waals surface area contributed by atoms with E-state index in [0.29, 0.717) is 10.6 Å². The van der Waals surface area contributed by atoms with Gasteiger partial charge in [-0.25, -0.2) is 9.78 Å². The highest BCUT2D eigenvalue weighted by Crippen LogP contribution is 2.44. The molecule has 2 amide bonds. The minimum atomic E-state index is -0.984. The van der Waals surface area contributed by atoms with Gasteiger partial charge in [0.05, 0.1) is 12.1 Å². The van der Waals surface area contributed by atoms with E-state index in [4.69, 9.17) is 9.84 Å². The highest BCUT2D eigenvalue weighted by Gasteiger charge is 2.29. The summed E-state index contributed by atoms with van der Waals surface area (Å²) in [6.45, 7) is 5.52. The molecule has 1 aromatic heterocycles. The number of carboxylic acids is 1. The van der Waals surface area contributed by atoms with Gasteiger partial charge in [0, 0.05) is 12.0 Å². The Labute approximate surface area is 207 Å². The van der Waals surface area contributed by atoms with Gasteiger partial charge in [-0.15, -0.1) is 0 Å². The molecule has 182 valence electrons. The van der Waals surface area contributed by atoms with Gasteiger partial charge in [0.1, 0.15) is 11.5 Å². The van der Waals surface area contributed by atoms with E-state index in [1.54, 1.807) is 6.92 Å². The average Bonchev–Trinajstić information content (AvgIpc) is 3.34. The lowest BCUT2D eigenvalue weighted by molar-refractivity contribution is -0.137. The zero-order chi connectivity index (χ0) is 25.1. The van der Waals surface area contributed by atoms with Crippen LogP contribution in [0.15, 0.2) is 48.5 Å². The normalized spacial score (nSPS) is 13.1. The number of fused-ring (bicyclic) bond motifs is 3.